The summed E-state index contributed by atoms with van der Waals surface area (Å²) in [6, 6.07) is 9.87. The van der Waals surface area contributed by atoms with E-state index >= 15 is 0 Å². The molecule has 2 rings (SSSR count). The van der Waals surface area contributed by atoms with E-state index in [0.29, 0.717) is 33.9 Å². The first kappa shape index (κ1) is 14.9. The lowest BCUT2D eigenvalue weighted by atomic mass is 9.97. The highest BCUT2D eigenvalue weighted by atomic mass is 19.1. The van der Waals surface area contributed by atoms with Crippen LogP contribution in [0.1, 0.15) is 11.1 Å². The van der Waals surface area contributed by atoms with E-state index in [0.717, 1.165) is 0 Å². The zero-order valence-electron chi connectivity index (χ0n) is 12.3. The molecule has 0 unspecified atom stereocenters. The minimum Gasteiger partial charge on any atom is -0.496 e. The van der Waals surface area contributed by atoms with E-state index in [1.165, 1.54) is 20.3 Å². The van der Waals surface area contributed by atoms with Crippen molar-refractivity contribution < 1.29 is 18.6 Å². The Morgan fingerprint density at radius 1 is 0.952 bits per heavy atom. The van der Waals surface area contributed by atoms with Gasteiger partial charge in [0.2, 0.25) is 0 Å². The van der Waals surface area contributed by atoms with Crippen LogP contribution in [-0.2, 0) is 0 Å². The van der Waals surface area contributed by atoms with Crippen molar-refractivity contribution in [3.63, 3.8) is 0 Å². The molecule has 0 heterocycles. The Morgan fingerprint density at radius 3 is 2.00 bits per heavy atom. The lowest BCUT2D eigenvalue weighted by molar-refractivity contribution is 0.374. The monoisotopic (exact) mass is 288 g/mol. The van der Waals surface area contributed by atoms with Crippen molar-refractivity contribution in [1.82, 2.24) is 0 Å². The van der Waals surface area contributed by atoms with Gasteiger partial charge >= 0.3 is 0 Å². The SMILES string of the molecule is C=C(c1ccccc1F)c1c(OC)cc(OC)cc1OC. The first-order valence-corrected chi connectivity index (χ1v) is 6.36. The van der Waals surface area contributed by atoms with Crippen LogP contribution < -0.4 is 14.2 Å². The Hall–Kier alpha value is -2.49. The third-order valence-corrected chi connectivity index (χ3v) is 3.22. The molecule has 0 aromatic heterocycles. The van der Waals surface area contributed by atoms with E-state index in [9.17, 15) is 4.39 Å². The van der Waals surface area contributed by atoms with Gasteiger partial charge in [0.1, 0.15) is 23.1 Å². The zero-order valence-corrected chi connectivity index (χ0v) is 12.3. The van der Waals surface area contributed by atoms with Gasteiger partial charge in [0.15, 0.2) is 0 Å². The normalized spacial score (nSPS) is 10.1. The molecule has 0 fully saturated rings. The molecule has 0 N–H and O–H groups in total. The zero-order chi connectivity index (χ0) is 15.4. The summed E-state index contributed by atoms with van der Waals surface area (Å²) >= 11 is 0. The molecular weight excluding hydrogens is 271 g/mol. The molecule has 2 aromatic carbocycles. The van der Waals surface area contributed by atoms with Crippen LogP contribution in [-0.4, -0.2) is 21.3 Å². The third kappa shape index (κ3) is 2.84. The number of hydrogen-bond acceptors (Lipinski definition) is 3. The molecule has 110 valence electrons. The summed E-state index contributed by atoms with van der Waals surface area (Å²) in [5.41, 5.74) is 1.50. The molecule has 0 bridgehead atoms. The molecule has 21 heavy (non-hydrogen) atoms. The number of hydrogen-bond donors (Lipinski definition) is 0. The Kier molecular flexibility index (Phi) is 4.48. The fourth-order valence-corrected chi connectivity index (χ4v) is 2.14. The summed E-state index contributed by atoms with van der Waals surface area (Å²) in [4.78, 5) is 0. The van der Waals surface area contributed by atoms with E-state index < -0.39 is 0 Å². The first-order chi connectivity index (χ1) is 10.1. The van der Waals surface area contributed by atoms with Gasteiger partial charge in [0.05, 0.1) is 26.9 Å². The highest BCUT2D eigenvalue weighted by Gasteiger charge is 2.19. The topological polar surface area (TPSA) is 27.7 Å². The van der Waals surface area contributed by atoms with Gasteiger partial charge < -0.3 is 14.2 Å². The van der Waals surface area contributed by atoms with Crippen LogP contribution in [0.5, 0.6) is 17.2 Å². The van der Waals surface area contributed by atoms with Crippen LogP contribution in [0.3, 0.4) is 0 Å². The fourth-order valence-electron chi connectivity index (χ4n) is 2.14. The molecular formula is C17H17FO3. The molecule has 0 radical (unpaired) electrons. The molecule has 0 saturated heterocycles. The third-order valence-electron chi connectivity index (χ3n) is 3.22. The predicted octanol–water partition coefficient (Wildman–Crippen LogP) is 3.91. The fraction of sp³-hybridized carbons (Fsp3) is 0.176. The molecule has 0 spiro atoms. The lowest BCUT2D eigenvalue weighted by Crippen LogP contribution is -1.99. The van der Waals surface area contributed by atoms with Gasteiger partial charge in [-0.3, -0.25) is 0 Å². The maximum atomic E-state index is 14.0. The van der Waals surface area contributed by atoms with Gasteiger partial charge in [0, 0.05) is 17.7 Å². The second-order valence-electron chi connectivity index (χ2n) is 4.37. The lowest BCUT2D eigenvalue weighted by Gasteiger charge is -2.17. The van der Waals surface area contributed by atoms with E-state index in [1.807, 2.05) is 0 Å². The van der Waals surface area contributed by atoms with Crippen molar-refractivity contribution in [3.8, 4) is 17.2 Å². The summed E-state index contributed by atoms with van der Waals surface area (Å²) in [5.74, 6) is 1.27. The van der Waals surface area contributed by atoms with Crippen molar-refractivity contribution in [2.45, 2.75) is 0 Å². The van der Waals surface area contributed by atoms with Crippen LogP contribution >= 0.6 is 0 Å². The second-order valence-corrected chi connectivity index (χ2v) is 4.37. The maximum Gasteiger partial charge on any atom is 0.134 e. The molecule has 0 aliphatic heterocycles. The van der Waals surface area contributed by atoms with Crippen LogP contribution in [0.25, 0.3) is 5.57 Å². The molecule has 4 heteroatoms. The van der Waals surface area contributed by atoms with E-state index in [1.54, 1.807) is 37.4 Å². The number of ether oxygens (including phenoxy) is 3. The molecule has 0 atom stereocenters. The predicted molar refractivity (Wildman–Crippen MR) is 80.6 cm³/mol. The van der Waals surface area contributed by atoms with Gasteiger partial charge in [0.25, 0.3) is 0 Å². The summed E-state index contributed by atoms with van der Waals surface area (Å²) < 4.78 is 29.9. The van der Waals surface area contributed by atoms with Gasteiger partial charge in [-0.25, -0.2) is 4.39 Å². The van der Waals surface area contributed by atoms with Crippen LogP contribution in [0.4, 0.5) is 4.39 Å². The van der Waals surface area contributed by atoms with Gasteiger partial charge in [-0.2, -0.15) is 0 Å². The van der Waals surface area contributed by atoms with Crippen molar-refractivity contribution >= 4 is 5.57 Å². The minimum atomic E-state index is -0.345. The minimum absolute atomic E-state index is 0.345. The molecule has 0 saturated carbocycles. The van der Waals surface area contributed by atoms with Gasteiger partial charge in [-0.15, -0.1) is 0 Å². The quantitative estimate of drug-likeness (QED) is 0.834. The van der Waals surface area contributed by atoms with E-state index in [4.69, 9.17) is 14.2 Å². The first-order valence-electron chi connectivity index (χ1n) is 6.36. The van der Waals surface area contributed by atoms with E-state index in [2.05, 4.69) is 6.58 Å². The van der Waals surface area contributed by atoms with Crippen LogP contribution in [0.15, 0.2) is 43.0 Å². The molecule has 3 nitrogen and oxygen atoms in total. The summed E-state index contributed by atoms with van der Waals surface area (Å²) in [7, 11) is 4.62. The number of halogens is 1. The Labute approximate surface area is 123 Å². The average molecular weight is 288 g/mol. The van der Waals surface area contributed by atoms with Crippen molar-refractivity contribution in [2.75, 3.05) is 21.3 Å². The summed E-state index contributed by atoms with van der Waals surface area (Å²) in [6.45, 7) is 3.99. The molecule has 2 aromatic rings. The Bertz CT molecular complexity index is 640. The smallest absolute Gasteiger partial charge is 0.134 e. The van der Waals surface area contributed by atoms with Crippen LogP contribution in [0.2, 0.25) is 0 Å². The summed E-state index contributed by atoms with van der Waals surface area (Å²) in [5, 5.41) is 0. The highest BCUT2D eigenvalue weighted by molar-refractivity contribution is 5.85. The van der Waals surface area contributed by atoms with Gasteiger partial charge in [-0.1, -0.05) is 24.8 Å². The van der Waals surface area contributed by atoms with Crippen molar-refractivity contribution in [2.24, 2.45) is 0 Å². The van der Waals surface area contributed by atoms with Crippen molar-refractivity contribution in [1.29, 1.82) is 0 Å². The molecule has 0 aliphatic rings. The Morgan fingerprint density at radius 2 is 1.52 bits per heavy atom. The molecule has 0 aliphatic carbocycles. The highest BCUT2D eigenvalue weighted by Crippen LogP contribution is 2.40. The van der Waals surface area contributed by atoms with Crippen molar-refractivity contribution in [3.05, 3.63) is 59.9 Å². The molecule has 0 amide bonds. The number of benzene rings is 2. The Balaban J connectivity index is 2.62. The largest absolute Gasteiger partial charge is 0.496 e. The summed E-state index contributed by atoms with van der Waals surface area (Å²) in [6.07, 6.45) is 0. The van der Waals surface area contributed by atoms with E-state index in [-0.39, 0.29) is 5.82 Å². The average Bonchev–Trinajstić information content (AvgIpc) is 2.53. The van der Waals surface area contributed by atoms with Crippen LogP contribution in [0, 0.1) is 5.82 Å². The maximum absolute atomic E-state index is 14.0. The second kappa shape index (κ2) is 6.31. The van der Waals surface area contributed by atoms with Gasteiger partial charge in [-0.05, 0) is 11.6 Å². The number of rotatable bonds is 5. The standard InChI is InChI=1S/C17H17FO3/c1-11(13-7-5-6-8-14(13)18)17-15(20-3)9-12(19-2)10-16(17)21-4/h5-10H,1H2,2-4H3. The number of methoxy groups -OCH3 is 3.